The fourth-order valence-electron chi connectivity index (χ4n) is 1.65. The van der Waals surface area contributed by atoms with Gasteiger partial charge in [0, 0.05) is 5.56 Å². The van der Waals surface area contributed by atoms with Crippen molar-refractivity contribution in [2.24, 2.45) is 0 Å². The molecule has 1 aromatic heterocycles. The lowest BCUT2D eigenvalue weighted by Crippen LogP contribution is -2.07. The molecule has 16 heavy (non-hydrogen) atoms. The van der Waals surface area contributed by atoms with Gasteiger partial charge >= 0.3 is 0 Å². The number of rotatable bonds is 2. The number of benzene rings is 1. The molecule has 0 aliphatic carbocycles. The number of H-pyrrole nitrogens is 1. The summed E-state index contributed by atoms with van der Waals surface area (Å²) in [6, 6.07) is 3.91. The lowest BCUT2D eigenvalue weighted by molar-refractivity contribution is 0.102. The standard InChI is InChI=1S/C12H13N3O/c1-7-4-9(3)10(5-8(7)2)11(16)12-13-6-14-15-12/h4-6H,1-3H3,(H,13,14,15). The van der Waals surface area contributed by atoms with E-state index in [-0.39, 0.29) is 11.6 Å². The third-order valence-electron chi connectivity index (χ3n) is 2.72. The number of nitrogens with zero attached hydrogens (tertiary/aromatic N) is 2. The lowest BCUT2D eigenvalue weighted by atomic mass is 9.98. The summed E-state index contributed by atoms with van der Waals surface area (Å²) >= 11 is 0. The van der Waals surface area contributed by atoms with Gasteiger partial charge in [-0.25, -0.2) is 4.98 Å². The molecule has 0 bridgehead atoms. The Bertz CT molecular complexity index is 529. The van der Waals surface area contributed by atoms with Crippen LogP contribution >= 0.6 is 0 Å². The van der Waals surface area contributed by atoms with Gasteiger partial charge in [0.2, 0.25) is 5.78 Å². The highest BCUT2D eigenvalue weighted by atomic mass is 16.1. The minimum atomic E-state index is -0.113. The van der Waals surface area contributed by atoms with Gasteiger partial charge in [-0.05, 0) is 43.5 Å². The molecule has 2 rings (SSSR count). The zero-order chi connectivity index (χ0) is 11.7. The average Bonchev–Trinajstić information content (AvgIpc) is 2.75. The van der Waals surface area contributed by atoms with Gasteiger partial charge < -0.3 is 0 Å². The number of carbonyl (C=O) groups excluding carboxylic acids is 1. The number of aryl methyl sites for hydroxylation is 3. The Labute approximate surface area is 93.7 Å². The SMILES string of the molecule is Cc1cc(C)c(C(=O)c2ncn[nH]2)cc1C. The summed E-state index contributed by atoms with van der Waals surface area (Å²) in [5.41, 5.74) is 3.93. The second kappa shape index (κ2) is 3.89. The quantitative estimate of drug-likeness (QED) is 0.779. The van der Waals surface area contributed by atoms with Crippen LogP contribution in [-0.4, -0.2) is 21.0 Å². The fourth-order valence-corrected chi connectivity index (χ4v) is 1.65. The fraction of sp³-hybridized carbons (Fsp3) is 0.250. The Morgan fingerprint density at radius 3 is 2.44 bits per heavy atom. The molecular formula is C12H13N3O. The molecule has 0 saturated carbocycles. The first-order valence-electron chi connectivity index (χ1n) is 5.07. The van der Waals surface area contributed by atoms with E-state index in [1.165, 1.54) is 11.9 Å². The summed E-state index contributed by atoms with van der Waals surface area (Å²) in [4.78, 5) is 15.9. The topological polar surface area (TPSA) is 58.6 Å². The van der Waals surface area contributed by atoms with Crippen molar-refractivity contribution in [3.05, 3.63) is 46.5 Å². The molecule has 0 amide bonds. The Morgan fingerprint density at radius 2 is 1.81 bits per heavy atom. The Hall–Kier alpha value is -1.97. The van der Waals surface area contributed by atoms with E-state index in [2.05, 4.69) is 15.2 Å². The molecule has 2 aromatic rings. The number of ketones is 1. The van der Waals surface area contributed by atoms with E-state index in [1.54, 1.807) is 0 Å². The van der Waals surface area contributed by atoms with E-state index in [9.17, 15) is 4.79 Å². The minimum absolute atomic E-state index is 0.113. The van der Waals surface area contributed by atoms with E-state index in [1.807, 2.05) is 32.9 Å². The van der Waals surface area contributed by atoms with E-state index in [0.29, 0.717) is 5.56 Å². The van der Waals surface area contributed by atoms with Crippen LogP contribution in [0.15, 0.2) is 18.5 Å². The molecule has 0 aliphatic rings. The predicted octanol–water partition coefficient (Wildman–Crippen LogP) is 1.96. The monoisotopic (exact) mass is 215 g/mol. The molecule has 1 aromatic carbocycles. The van der Waals surface area contributed by atoms with Gasteiger partial charge in [-0.1, -0.05) is 6.07 Å². The normalized spacial score (nSPS) is 10.4. The van der Waals surface area contributed by atoms with E-state index < -0.39 is 0 Å². The van der Waals surface area contributed by atoms with Crippen LogP contribution in [0, 0.1) is 20.8 Å². The maximum absolute atomic E-state index is 12.1. The second-order valence-electron chi connectivity index (χ2n) is 3.91. The minimum Gasteiger partial charge on any atom is -0.285 e. The van der Waals surface area contributed by atoms with Crippen molar-refractivity contribution in [2.45, 2.75) is 20.8 Å². The van der Waals surface area contributed by atoms with Crippen molar-refractivity contribution in [1.82, 2.24) is 15.2 Å². The largest absolute Gasteiger partial charge is 0.285 e. The van der Waals surface area contributed by atoms with Crippen molar-refractivity contribution in [3.63, 3.8) is 0 Å². The molecule has 0 saturated heterocycles. The zero-order valence-corrected chi connectivity index (χ0v) is 9.53. The van der Waals surface area contributed by atoms with Crippen molar-refractivity contribution in [3.8, 4) is 0 Å². The highest BCUT2D eigenvalue weighted by Crippen LogP contribution is 2.17. The number of hydrogen-bond donors (Lipinski definition) is 1. The van der Waals surface area contributed by atoms with Crippen molar-refractivity contribution in [2.75, 3.05) is 0 Å². The summed E-state index contributed by atoms with van der Waals surface area (Å²) in [5, 5.41) is 6.27. The number of nitrogens with one attached hydrogen (secondary N) is 1. The Morgan fingerprint density at radius 1 is 1.12 bits per heavy atom. The summed E-state index contributed by atoms with van der Waals surface area (Å²) in [7, 11) is 0. The van der Waals surface area contributed by atoms with Crippen LogP contribution in [0.2, 0.25) is 0 Å². The second-order valence-corrected chi connectivity index (χ2v) is 3.91. The smallest absolute Gasteiger partial charge is 0.230 e. The van der Waals surface area contributed by atoms with Crippen molar-refractivity contribution < 1.29 is 4.79 Å². The molecule has 0 spiro atoms. The summed E-state index contributed by atoms with van der Waals surface area (Å²) in [6.07, 6.45) is 1.34. The van der Waals surface area contributed by atoms with Crippen LogP contribution in [0.4, 0.5) is 0 Å². The van der Waals surface area contributed by atoms with E-state index >= 15 is 0 Å². The van der Waals surface area contributed by atoms with Gasteiger partial charge in [-0.3, -0.25) is 9.89 Å². The molecule has 0 fully saturated rings. The molecule has 82 valence electrons. The van der Waals surface area contributed by atoms with Gasteiger partial charge in [0.25, 0.3) is 0 Å². The molecular weight excluding hydrogens is 202 g/mol. The molecule has 0 atom stereocenters. The third kappa shape index (κ3) is 1.74. The molecule has 4 heteroatoms. The summed E-state index contributed by atoms with van der Waals surface area (Å²) in [6.45, 7) is 5.95. The first-order chi connectivity index (χ1) is 7.59. The summed E-state index contributed by atoms with van der Waals surface area (Å²) in [5.74, 6) is 0.171. The van der Waals surface area contributed by atoms with Crippen LogP contribution in [0.25, 0.3) is 0 Å². The van der Waals surface area contributed by atoms with Gasteiger partial charge in [0.1, 0.15) is 6.33 Å². The Balaban J connectivity index is 2.49. The molecule has 1 N–H and O–H groups in total. The van der Waals surface area contributed by atoms with Gasteiger partial charge in [-0.2, -0.15) is 5.10 Å². The zero-order valence-electron chi connectivity index (χ0n) is 9.53. The number of hydrogen-bond acceptors (Lipinski definition) is 3. The molecule has 0 aliphatic heterocycles. The summed E-state index contributed by atoms with van der Waals surface area (Å²) < 4.78 is 0. The highest BCUT2D eigenvalue weighted by molar-refractivity contribution is 6.07. The van der Waals surface area contributed by atoms with Crippen LogP contribution < -0.4 is 0 Å². The number of carbonyl (C=O) groups is 1. The van der Waals surface area contributed by atoms with Crippen LogP contribution in [0.5, 0.6) is 0 Å². The molecule has 4 nitrogen and oxygen atoms in total. The third-order valence-corrected chi connectivity index (χ3v) is 2.72. The number of aromatic amines is 1. The molecule has 0 unspecified atom stereocenters. The predicted molar refractivity (Wildman–Crippen MR) is 60.5 cm³/mol. The molecule has 0 radical (unpaired) electrons. The Kier molecular flexibility index (Phi) is 2.56. The number of aromatic nitrogens is 3. The van der Waals surface area contributed by atoms with Crippen LogP contribution in [-0.2, 0) is 0 Å². The van der Waals surface area contributed by atoms with Crippen molar-refractivity contribution in [1.29, 1.82) is 0 Å². The van der Waals surface area contributed by atoms with Gasteiger partial charge in [0.15, 0.2) is 5.82 Å². The van der Waals surface area contributed by atoms with E-state index in [0.717, 1.165) is 11.1 Å². The lowest BCUT2D eigenvalue weighted by Gasteiger charge is -2.07. The van der Waals surface area contributed by atoms with E-state index in [4.69, 9.17) is 0 Å². The van der Waals surface area contributed by atoms with Gasteiger partial charge in [0.05, 0.1) is 0 Å². The average molecular weight is 215 g/mol. The van der Waals surface area contributed by atoms with Crippen LogP contribution in [0.3, 0.4) is 0 Å². The highest BCUT2D eigenvalue weighted by Gasteiger charge is 2.15. The maximum Gasteiger partial charge on any atom is 0.230 e. The first kappa shape index (κ1) is 10.5. The molecule has 1 heterocycles. The van der Waals surface area contributed by atoms with Crippen LogP contribution in [0.1, 0.15) is 32.9 Å². The first-order valence-corrected chi connectivity index (χ1v) is 5.07. The van der Waals surface area contributed by atoms with Gasteiger partial charge in [-0.15, -0.1) is 0 Å². The van der Waals surface area contributed by atoms with Crippen molar-refractivity contribution >= 4 is 5.78 Å². The maximum atomic E-state index is 12.1.